The van der Waals surface area contributed by atoms with Gasteiger partial charge in [0.25, 0.3) is 0 Å². The summed E-state index contributed by atoms with van der Waals surface area (Å²) in [7, 11) is 0. The molecule has 0 unspecified atom stereocenters. The van der Waals surface area contributed by atoms with Gasteiger partial charge in [-0.25, -0.2) is 0 Å². The van der Waals surface area contributed by atoms with Crippen molar-refractivity contribution in [1.29, 1.82) is 0 Å². The minimum absolute atomic E-state index is 0.0207. The van der Waals surface area contributed by atoms with Crippen molar-refractivity contribution in [3.05, 3.63) is 34.3 Å². The number of nitrogens with two attached hydrogens (primary N) is 1. The van der Waals surface area contributed by atoms with Crippen molar-refractivity contribution in [3.8, 4) is 0 Å². The molecular formula is C15H19BrN2OS. The van der Waals surface area contributed by atoms with Crippen molar-refractivity contribution in [2.45, 2.75) is 38.6 Å². The molecule has 1 aliphatic carbocycles. The molecule has 1 aliphatic rings. The summed E-state index contributed by atoms with van der Waals surface area (Å²) in [4.78, 5) is 12.9. The number of hydrogen-bond acceptors (Lipinski definition) is 2. The maximum Gasteiger partial charge on any atom is 0.233 e. The second-order valence-electron chi connectivity index (χ2n) is 5.32. The molecule has 20 heavy (non-hydrogen) atoms. The van der Waals surface area contributed by atoms with E-state index in [1.165, 1.54) is 0 Å². The number of carbonyl (C=O) groups is 1. The van der Waals surface area contributed by atoms with Crippen LogP contribution in [0.25, 0.3) is 0 Å². The molecule has 0 aromatic heterocycles. The standard InChI is InChI=1S/C15H19BrN2OS/c16-12-6-4-11(5-7-12)10-18-14(19)15(13(17)20)8-2-1-3-9-15/h4-7H,1-3,8-10H2,(H2,17,20)(H,18,19). The van der Waals surface area contributed by atoms with E-state index >= 15 is 0 Å². The Bertz CT molecular complexity index is 495. The summed E-state index contributed by atoms with van der Waals surface area (Å²) in [6.45, 7) is 0.510. The lowest BCUT2D eigenvalue weighted by Gasteiger charge is -2.34. The van der Waals surface area contributed by atoms with Crippen LogP contribution in [0.5, 0.6) is 0 Å². The molecule has 1 saturated carbocycles. The van der Waals surface area contributed by atoms with Crippen LogP contribution in [-0.2, 0) is 11.3 Å². The highest BCUT2D eigenvalue weighted by atomic mass is 79.9. The molecule has 2 rings (SSSR count). The number of hydrogen-bond donors (Lipinski definition) is 2. The number of amides is 1. The van der Waals surface area contributed by atoms with Crippen molar-refractivity contribution >= 4 is 39.0 Å². The lowest BCUT2D eigenvalue weighted by Crippen LogP contribution is -2.49. The van der Waals surface area contributed by atoms with E-state index in [0.29, 0.717) is 11.5 Å². The molecular weight excluding hydrogens is 336 g/mol. The molecule has 0 saturated heterocycles. The Morgan fingerprint density at radius 1 is 1.25 bits per heavy atom. The predicted octanol–water partition coefficient (Wildman–Crippen LogP) is 3.30. The first-order valence-corrected chi connectivity index (χ1v) is 8.07. The number of thiocarbonyl (C=S) groups is 1. The number of benzene rings is 1. The van der Waals surface area contributed by atoms with Gasteiger partial charge in [0.05, 0.1) is 10.4 Å². The summed E-state index contributed by atoms with van der Waals surface area (Å²) in [6, 6.07) is 7.90. The van der Waals surface area contributed by atoms with Gasteiger partial charge >= 0.3 is 0 Å². The van der Waals surface area contributed by atoms with Crippen molar-refractivity contribution < 1.29 is 4.79 Å². The van der Waals surface area contributed by atoms with E-state index in [1.807, 2.05) is 24.3 Å². The van der Waals surface area contributed by atoms with Crippen LogP contribution in [-0.4, -0.2) is 10.9 Å². The van der Waals surface area contributed by atoms with E-state index in [1.54, 1.807) is 0 Å². The Labute approximate surface area is 133 Å². The van der Waals surface area contributed by atoms with Gasteiger partial charge < -0.3 is 11.1 Å². The van der Waals surface area contributed by atoms with Gasteiger partial charge in [0, 0.05) is 11.0 Å². The summed E-state index contributed by atoms with van der Waals surface area (Å²) in [5.41, 5.74) is 6.29. The molecule has 0 heterocycles. The van der Waals surface area contributed by atoms with E-state index in [4.69, 9.17) is 18.0 Å². The lowest BCUT2D eigenvalue weighted by molar-refractivity contribution is -0.129. The minimum Gasteiger partial charge on any atom is -0.392 e. The van der Waals surface area contributed by atoms with Crippen molar-refractivity contribution in [1.82, 2.24) is 5.32 Å². The number of rotatable bonds is 4. The number of carbonyl (C=O) groups excluding carboxylic acids is 1. The smallest absolute Gasteiger partial charge is 0.233 e. The third-order valence-corrected chi connectivity index (χ3v) is 4.90. The topological polar surface area (TPSA) is 55.1 Å². The third kappa shape index (κ3) is 3.38. The highest BCUT2D eigenvalue weighted by Gasteiger charge is 2.42. The van der Waals surface area contributed by atoms with Crippen LogP contribution < -0.4 is 11.1 Å². The highest BCUT2D eigenvalue weighted by molar-refractivity contribution is 9.10. The van der Waals surface area contributed by atoms with Gasteiger partial charge in [-0.15, -0.1) is 0 Å². The van der Waals surface area contributed by atoms with Crippen LogP contribution in [0.15, 0.2) is 28.7 Å². The van der Waals surface area contributed by atoms with Crippen molar-refractivity contribution in [2.24, 2.45) is 11.1 Å². The van der Waals surface area contributed by atoms with Crippen LogP contribution in [0.3, 0.4) is 0 Å². The van der Waals surface area contributed by atoms with Crippen LogP contribution in [0.4, 0.5) is 0 Å². The fourth-order valence-electron chi connectivity index (χ4n) is 2.69. The molecule has 0 bridgehead atoms. The fourth-order valence-corrected chi connectivity index (χ4v) is 3.26. The van der Waals surface area contributed by atoms with Gasteiger partial charge in [-0.3, -0.25) is 4.79 Å². The normalized spacial score (nSPS) is 17.4. The largest absolute Gasteiger partial charge is 0.392 e. The predicted molar refractivity (Wildman–Crippen MR) is 88.3 cm³/mol. The monoisotopic (exact) mass is 354 g/mol. The van der Waals surface area contributed by atoms with Crippen molar-refractivity contribution in [3.63, 3.8) is 0 Å². The summed E-state index contributed by atoms with van der Waals surface area (Å²) in [5, 5.41) is 2.99. The Morgan fingerprint density at radius 2 is 1.85 bits per heavy atom. The van der Waals surface area contributed by atoms with Crippen LogP contribution in [0.1, 0.15) is 37.7 Å². The number of halogens is 1. The SMILES string of the molecule is NC(=S)C1(C(=O)NCc2ccc(Br)cc2)CCCCC1. The van der Waals surface area contributed by atoms with E-state index in [9.17, 15) is 4.79 Å². The molecule has 0 aliphatic heterocycles. The molecule has 1 amide bonds. The average molecular weight is 355 g/mol. The first-order chi connectivity index (χ1) is 9.54. The fraction of sp³-hybridized carbons (Fsp3) is 0.467. The molecule has 1 fully saturated rings. The highest BCUT2D eigenvalue weighted by Crippen LogP contribution is 2.37. The molecule has 3 N–H and O–H groups in total. The summed E-state index contributed by atoms with van der Waals surface area (Å²) in [6.07, 6.45) is 4.74. The zero-order valence-corrected chi connectivity index (χ0v) is 13.7. The first kappa shape index (κ1) is 15.4. The van der Waals surface area contributed by atoms with Gasteiger partial charge in [-0.2, -0.15) is 0 Å². The molecule has 0 spiro atoms. The lowest BCUT2D eigenvalue weighted by atomic mass is 9.73. The molecule has 1 aromatic rings. The average Bonchev–Trinajstić information content (AvgIpc) is 2.47. The third-order valence-electron chi connectivity index (χ3n) is 3.98. The zero-order valence-electron chi connectivity index (χ0n) is 11.3. The number of nitrogens with one attached hydrogen (secondary N) is 1. The van der Waals surface area contributed by atoms with E-state index in [2.05, 4.69) is 21.2 Å². The van der Waals surface area contributed by atoms with Crippen LogP contribution in [0, 0.1) is 5.41 Å². The Balaban J connectivity index is 2.02. The van der Waals surface area contributed by atoms with E-state index in [0.717, 1.165) is 42.1 Å². The first-order valence-electron chi connectivity index (χ1n) is 6.87. The Kier molecular flexibility index (Phi) is 5.16. The minimum atomic E-state index is -0.636. The van der Waals surface area contributed by atoms with Gasteiger partial charge in [0.1, 0.15) is 0 Å². The molecule has 1 aromatic carbocycles. The molecule has 0 radical (unpaired) electrons. The summed E-state index contributed by atoms with van der Waals surface area (Å²) < 4.78 is 1.03. The summed E-state index contributed by atoms with van der Waals surface area (Å²) >= 11 is 8.56. The molecule has 108 valence electrons. The van der Waals surface area contributed by atoms with Gasteiger partial charge in [0.15, 0.2) is 0 Å². The van der Waals surface area contributed by atoms with E-state index in [-0.39, 0.29) is 5.91 Å². The van der Waals surface area contributed by atoms with Crippen molar-refractivity contribution in [2.75, 3.05) is 0 Å². The zero-order chi connectivity index (χ0) is 14.6. The maximum absolute atomic E-state index is 12.5. The van der Waals surface area contributed by atoms with Gasteiger partial charge in [0.2, 0.25) is 5.91 Å². The quantitative estimate of drug-likeness (QED) is 0.815. The summed E-state index contributed by atoms with van der Waals surface area (Å²) in [5.74, 6) is -0.0207. The molecule has 5 heteroatoms. The second kappa shape index (κ2) is 6.68. The Hall–Kier alpha value is -0.940. The molecule has 3 nitrogen and oxygen atoms in total. The maximum atomic E-state index is 12.5. The second-order valence-corrected chi connectivity index (χ2v) is 6.67. The Morgan fingerprint density at radius 3 is 2.40 bits per heavy atom. The van der Waals surface area contributed by atoms with Gasteiger partial charge in [-0.05, 0) is 30.5 Å². The van der Waals surface area contributed by atoms with Crippen LogP contribution >= 0.6 is 28.1 Å². The van der Waals surface area contributed by atoms with E-state index < -0.39 is 5.41 Å². The molecule has 0 atom stereocenters. The van der Waals surface area contributed by atoms with Crippen LogP contribution in [0.2, 0.25) is 0 Å². The van der Waals surface area contributed by atoms with Gasteiger partial charge in [-0.1, -0.05) is 59.5 Å².